The monoisotopic (exact) mass is 490 g/mol. The molecule has 0 saturated heterocycles. The number of phenolic OH excluding ortho intramolecular Hbond substituents is 1. The molecule has 0 unspecified atom stereocenters. The molecule has 0 atom stereocenters. The molecular weight excluding hydrogens is 468 g/mol. The van der Waals surface area contributed by atoms with Gasteiger partial charge in [0, 0.05) is 18.2 Å². The van der Waals surface area contributed by atoms with Crippen molar-refractivity contribution in [2.45, 2.75) is 4.90 Å². The number of phenols is 1. The molecule has 3 aromatic carbocycles. The van der Waals surface area contributed by atoms with E-state index in [0.29, 0.717) is 28.5 Å². The third kappa shape index (κ3) is 5.22. The predicted molar refractivity (Wildman–Crippen MR) is 132 cm³/mol. The first-order valence-electron chi connectivity index (χ1n) is 10.4. The number of nitrogens with one attached hydrogen (secondary N) is 1. The maximum absolute atomic E-state index is 13.1. The van der Waals surface area contributed by atoms with Gasteiger partial charge in [-0.15, -0.1) is 0 Å². The van der Waals surface area contributed by atoms with Gasteiger partial charge >= 0.3 is 0 Å². The van der Waals surface area contributed by atoms with E-state index < -0.39 is 15.9 Å². The van der Waals surface area contributed by atoms with Crippen molar-refractivity contribution >= 4 is 27.3 Å². The summed E-state index contributed by atoms with van der Waals surface area (Å²) in [6, 6.07) is 18.9. The zero-order valence-corrected chi connectivity index (χ0v) is 19.7. The summed E-state index contributed by atoms with van der Waals surface area (Å²) in [6.45, 7) is 0. The number of benzene rings is 3. The van der Waals surface area contributed by atoms with Crippen LogP contribution in [-0.2, 0) is 10.0 Å². The molecule has 4 aromatic rings. The second-order valence-electron chi connectivity index (χ2n) is 7.50. The van der Waals surface area contributed by atoms with Gasteiger partial charge in [0.1, 0.15) is 11.5 Å². The standard InChI is InChI=1S/C25H22N4O5S/c1-29(20-9-11-22(34-2)12-10-20)35(32,33)23-8-4-6-18(14-23)25(31)28-19-15-26-24(27-16-19)17-5-3-7-21(30)13-17/h3-16,30H,1-2H3,(H,28,31). The van der Waals surface area contributed by atoms with Gasteiger partial charge in [0.05, 0.1) is 35.8 Å². The number of sulfonamides is 1. The molecule has 0 radical (unpaired) electrons. The lowest BCUT2D eigenvalue weighted by Gasteiger charge is -2.20. The SMILES string of the molecule is COc1ccc(N(C)S(=O)(=O)c2cccc(C(=O)Nc3cnc(-c4cccc(O)c4)nc3)c2)cc1. The van der Waals surface area contributed by atoms with Crippen LogP contribution in [0.1, 0.15) is 10.4 Å². The molecule has 1 aromatic heterocycles. The molecular formula is C25H22N4O5S. The van der Waals surface area contributed by atoms with Gasteiger partial charge in [0.15, 0.2) is 5.82 Å². The van der Waals surface area contributed by atoms with Crippen molar-refractivity contribution in [3.05, 3.63) is 90.8 Å². The molecule has 178 valence electrons. The lowest BCUT2D eigenvalue weighted by Crippen LogP contribution is -2.26. The topological polar surface area (TPSA) is 122 Å². The summed E-state index contributed by atoms with van der Waals surface area (Å²) in [5.41, 5.74) is 1.57. The lowest BCUT2D eigenvalue weighted by molar-refractivity contribution is 0.102. The van der Waals surface area contributed by atoms with Gasteiger partial charge in [0.25, 0.3) is 15.9 Å². The maximum Gasteiger partial charge on any atom is 0.264 e. The Morgan fingerprint density at radius 2 is 1.66 bits per heavy atom. The van der Waals surface area contributed by atoms with Gasteiger partial charge in [0.2, 0.25) is 0 Å². The number of rotatable bonds is 7. The summed E-state index contributed by atoms with van der Waals surface area (Å²) in [4.78, 5) is 21.2. The van der Waals surface area contributed by atoms with Crippen molar-refractivity contribution in [2.24, 2.45) is 0 Å². The quantitative estimate of drug-likeness (QED) is 0.402. The van der Waals surface area contributed by atoms with Crippen molar-refractivity contribution in [1.29, 1.82) is 0 Å². The highest BCUT2D eigenvalue weighted by Gasteiger charge is 2.22. The highest BCUT2D eigenvalue weighted by molar-refractivity contribution is 7.92. The van der Waals surface area contributed by atoms with Crippen molar-refractivity contribution in [2.75, 3.05) is 23.8 Å². The molecule has 0 fully saturated rings. The number of carbonyl (C=O) groups excluding carboxylic acids is 1. The van der Waals surface area contributed by atoms with E-state index in [1.165, 1.54) is 56.9 Å². The van der Waals surface area contributed by atoms with E-state index in [0.717, 1.165) is 4.31 Å². The van der Waals surface area contributed by atoms with Crippen molar-refractivity contribution < 1.29 is 23.1 Å². The minimum absolute atomic E-state index is 0.0287. The first-order valence-corrected chi connectivity index (χ1v) is 11.9. The number of aromatic nitrogens is 2. The number of hydrogen-bond acceptors (Lipinski definition) is 7. The van der Waals surface area contributed by atoms with Gasteiger partial charge < -0.3 is 15.2 Å². The maximum atomic E-state index is 13.1. The fourth-order valence-corrected chi connectivity index (χ4v) is 4.52. The average molecular weight is 491 g/mol. The first kappa shape index (κ1) is 23.7. The van der Waals surface area contributed by atoms with Crippen LogP contribution < -0.4 is 14.4 Å². The molecule has 0 bridgehead atoms. The van der Waals surface area contributed by atoms with Gasteiger partial charge in [-0.3, -0.25) is 9.10 Å². The Hall–Kier alpha value is -4.44. The van der Waals surface area contributed by atoms with Crippen LogP contribution in [0.5, 0.6) is 11.5 Å². The van der Waals surface area contributed by atoms with Crippen LogP contribution in [0.25, 0.3) is 11.4 Å². The average Bonchev–Trinajstić information content (AvgIpc) is 2.88. The Kier molecular flexibility index (Phi) is 6.65. The van der Waals surface area contributed by atoms with Crippen molar-refractivity contribution in [1.82, 2.24) is 9.97 Å². The highest BCUT2D eigenvalue weighted by atomic mass is 32.2. The summed E-state index contributed by atoms with van der Waals surface area (Å²) < 4.78 is 32.5. The van der Waals surface area contributed by atoms with Crippen molar-refractivity contribution in [3.8, 4) is 22.9 Å². The summed E-state index contributed by atoms with van der Waals surface area (Å²) in [6.07, 6.45) is 2.87. The third-order valence-corrected chi connectivity index (χ3v) is 6.99. The van der Waals surface area contributed by atoms with Gasteiger partial charge in [-0.25, -0.2) is 18.4 Å². The predicted octanol–water partition coefficient (Wildman–Crippen LogP) is 3.94. The zero-order chi connectivity index (χ0) is 25.0. The number of nitrogens with zero attached hydrogens (tertiary/aromatic N) is 3. The van der Waals surface area contributed by atoms with Crippen molar-refractivity contribution in [3.63, 3.8) is 0 Å². The van der Waals surface area contributed by atoms with Gasteiger partial charge in [-0.2, -0.15) is 0 Å². The Bertz CT molecular complexity index is 1460. The van der Waals surface area contributed by atoms with E-state index in [-0.39, 0.29) is 16.2 Å². The molecule has 0 saturated carbocycles. The summed E-state index contributed by atoms with van der Waals surface area (Å²) in [7, 11) is -0.944. The van der Waals surface area contributed by atoms with Crippen LogP contribution in [0.2, 0.25) is 0 Å². The number of ether oxygens (including phenoxy) is 1. The lowest BCUT2D eigenvalue weighted by atomic mass is 10.2. The van der Waals surface area contributed by atoms with E-state index in [2.05, 4.69) is 15.3 Å². The third-order valence-electron chi connectivity index (χ3n) is 5.20. The smallest absolute Gasteiger partial charge is 0.264 e. The molecule has 2 N–H and O–H groups in total. The fraction of sp³-hybridized carbons (Fsp3) is 0.0800. The van der Waals surface area contributed by atoms with Crippen LogP contribution in [0.4, 0.5) is 11.4 Å². The molecule has 0 aliphatic carbocycles. The number of aromatic hydroxyl groups is 1. The van der Waals surface area contributed by atoms with E-state index in [9.17, 15) is 18.3 Å². The highest BCUT2D eigenvalue weighted by Crippen LogP contribution is 2.25. The van der Waals surface area contributed by atoms with Crippen LogP contribution in [0.3, 0.4) is 0 Å². The number of hydrogen-bond donors (Lipinski definition) is 2. The number of anilines is 2. The summed E-state index contributed by atoms with van der Waals surface area (Å²) >= 11 is 0. The Morgan fingerprint density at radius 1 is 0.971 bits per heavy atom. The van der Waals surface area contributed by atoms with Gasteiger partial charge in [-0.05, 0) is 54.6 Å². The summed E-state index contributed by atoms with van der Waals surface area (Å²) in [5, 5.41) is 12.3. The van der Waals surface area contributed by atoms with E-state index in [4.69, 9.17) is 4.74 Å². The van der Waals surface area contributed by atoms with Crippen LogP contribution in [-0.4, -0.2) is 43.6 Å². The Morgan fingerprint density at radius 3 is 2.31 bits per heavy atom. The second-order valence-corrected chi connectivity index (χ2v) is 9.47. The fourth-order valence-electron chi connectivity index (χ4n) is 3.28. The van der Waals surface area contributed by atoms with E-state index in [1.54, 1.807) is 42.5 Å². The molecule has 35 heavy (non-hydrogen) atoms. The molecule has 9 nitrogen and oxygen atoms in total. The molecule has 10 heteroatoms. The van der Waals surface area contributed by atoms with Crippen LogP contribution in [0, 0.1) is 0 Å². The largest absolute Gasteiger partial charge is 0.508 e. The normalized spacial score (nSPS) is 11.0. The van der Waals surface area contributed by atoms with E-state index >= 15 is 0 Å². The van der Waals surface area contributed by atoms with Gasteiger partial charge in [-0.1, -0.05) is 18.2 Å². The Balaban J connectivity index is 1.51. The first-order chi connectivity index (χ1) is 16.8. The molecule has 0 aliphatic heterocycles. The number of carbonyl (C=O) groups is 1. The number of amides is 1. The zero-order valence-electron chi connectivity index (χ0n) is 18.9. The molecule has 4 rings (SSSR count). The number of methoxy groups -OCH3 is 1. The van der Waals surface area contributed by atoms with Crippen LogP contribution in [0.15, 0.2) is 90.1 Å². The molecule has 1 heterocycles. The molecule has 1 amide bonds. The van der Waals surface area contributed by atoms with Crippen LogP contribution >= 0.6 is 0 Å². The van der Waals surface area contributed by atoms with E-state index in [1.807, 2.05) is 0 Å². The summed E-state index contributed by atoms with van der Waals surface area (Å²) in [5.74, 6) is 0.574. The minimum Gasteiger partial charge on any atom is -0.508 e. The molecule has 0 aliphatic rings. The Labute approximate surface area is 202 Å². The second kappa shape index (κ2) is 9.82. The minimum atomic E-state index is -3.91. The molecule has 0 spiro atoms.